The van der Waals surface area contributed by atoms with Gasteiger partial charge in [-0.25, -0.2) is 9.59 Å². The lowest BCUT2D eigenvalue weighted by Crippen LogP contribution is -2.56. The number of hydrogen-bond donors (Lipinski definition) is 0. The van der Waals surface area contributed by atoms with Crippen molar-refractivity contribution in [1.29, 1.82) is 0 Å². The summed E-state index contributed by atoms with van der Waals surface area (Å²) in [4.78, 5) is 66.3. The van der Waals surface area contributed by atoms with Crippen LogP contribution in [0.5, 0.6) is 0 Å². The Balaban J connectivity index is 1.42. The van der Waals surface area contributed by atoms with Crippen molar-refractivity contribution in [3.63, 3.8) is 0 Å². The number of fused-ring (bicyclic) bond motifs is 2. The maximum Gasteiger partial charge on any atom is 0.410 e. The van der Waals surface area contributed by atoms with Crippen LogP contribution in [0.1, 0.15) is 52.0 Å². The summed E-state index contributed by atoms with van der Waals surface area (Å²) in [5.41, 5.74) is 0.212. The molecule has 11 nitrogen and oxygen atoms in total. The number of rotatable bonds is 6. The molecule has 3 fully saturated rings. The number of piperidine rings is 1. The summed E-state index contributed by atoms with van der Waals surface area (Å²) in [6.07, 6.45) is 1.30. The van der Waals surface area contributed by atoms with Crippen molar-refractivity contribution in [2.45, 2.75) is 76.8 Å². The fourth-order valence-corrected chi connectivity index (χ4v) is 4.89. The van der Waals surface area contributed by atoms with Gasteiger partial charge in [0.1, 0.15) is 24.3 Å². The molecule has 1 aromatic carbocycles. The molecule has 0 radical (unpaired) electrons. The molecule has 3 atom stereocenters. The number of imide groups is 1. The first-order valence-electron chi connectivity index (χ1n) is 12.3. The monoisotopic (exact) mass is 502 g/mol. The average molecular weight is 503 g/mol. The standard InChI is InChI=1S/C25H34N4O7/c1-25(2,3)36-24(33)26-14-8-11-19(26)21(30)29(34-4)22(31)20-13-12-18-15-27(20)23(32)28(18)35-16-17-9-6-5-7-10-17/h5-7,9-10,18-20H,8,11-16H2,1-4H3/t18-,19+,20?/m1/s1. The molecule has 3 heterocycles. The van der Waals surface area contributed by atoms with Crippen molar-refractivity contribution in [2.75, 3.05) is 20.2 Å². The van der Waals surface area contributed by atoms with Crippen LogP contribution in [-0.2, 0) is 30.6 Å². The molecule has 1 aromatic rings. The Labute approximate surface area is 210 Å². The minimum Gasteiger partial charge on any atom is -0.444 e. The zero-order chi connectivity index (χ0) is 26.0. The number of hydroxylamine groups is 4. The average Bonchev–Trinajstić information content (AvgIpc) is 3.42. The van der Waals surface area contributed by atoms with E-state index in [9.17, 15) is 19.2 Å². The normalized spacial score (nSPS) is 23.7. The lowest BCUT2D eigenvalue weighted by molar-refractivity contribution is -0.193. The molecular weight excluding hydrogens is 468 g/mol. The van der Waals surface area contributed by atoms with E-state index in [4.69, 9.17) is 14.4 Å². The Hall–Kier alpha value is -3.18. The highest BCUT2D eigenvalue weighted by molar-refractivity contribution is 6.01. The summed E-state index contributed by atoms with van der Waals surface area (Å²) in [5.74, 6) is -1.27. The van der Waals surface area contributed by atoms with Crippen molar-refractivity contribution < 1.29 is 33.6 Å². The van der Waals surface area contributed by atoms with E-state index in [1.54, 1.807) is 20.8 Å². The van der Waals surface area contributed by atoms with Crippen LogP contribution >= 0.6 is 0 Å². The van der Waals surface area contributed by atoms with Gasteiger partial charge in [0.25, 0.3) is 11.8 Å². The molecule has 2 bridgehead atoms. The van der Waals surface area contributed by atoms with Crippen LogP contribution in [0.2, 0.25) is 0 Å². The van der Waals surface area contributed by atoms with Gasteiger partial charge >= 0.3 is 12.1 Å². The van der Waals surface area contributed by atoms with E-state index in [0.717, 1.165) is 5.56 Å². The number of urea groups is 1. The molecule has 4 rings (SSSR count). The first-order valence-corrected chi connectivity index (χ1v) is 12.3. The second kappa shape index (κ2) is 10.4. The molecule has 1 unspecified atom stereocenters. The Kier molecular flexibility index (Phi) is 7.51. The molecule has 0 saturated carbocycles. The number of carbonyl (C=O) groups is 4. The Morgan fingerprint density at radius 3 is 2.39 bits per heavy atom. The summed E-state index contributed by atoms with van der Waals surface area (Å²) in [5, 5.41) is 2.03. The van der Waals surface area contributed by atoms with Crippen LogP contribution in [0, 0.1) is 0 Å². The van der Waals surface area contributed by atoms with Crippen LogP contribution in [-0.4, -0.2) is 87.8 Å². The summed E-state index contributed by atoms with van der Waals surface area (Å²) in [7, 11) is 1.23. The van der Waals surface area contributed by atoms with E-state index in [2.05, 4.69) is 0 Å². The number of carbonyl (C=O) groups excluding carboxylic acids is 4. The molecular formula is C25H34N4O7. The minimum atomic E-state index is -0.875. The zero-order valence-electron chi connectivity index (χ0n) is 21.2. The molecule has 5 amide bonds. The van der Waals surface area contributed by atoms with Crippen LogP contribution in [0.4, 0.5) is 9.59 Å². The number of nitrogens with zero attached hydrogens (tertiary/aromatic N) is 4. The van der Waals surface area contributed by atoms with E-state index >= 15 is 0 Å². The highest BCUT2D eigenvalue weighted by atomic mass is 16.7. The van der Waals surface area contributed by atoms with Crippen LogP contribution < -0.4 is 0 Å². The maximum absolute atomic E-state index is 13.4. The largest absolute Gasteiger partial charge is 0.444 e. The molecule has 0 N–H and O–H groups in total. The third-order valence-electron chi connectivity index (χ3n) is 6.57. The molecule has 3 saturated heterocycles. The van der Waals surface area contributed by atoms with Gasteiger partial charge in [-0.3, -0.25) is 24.2 Å². The van der Waals surface area contributed by atoms with Gasteiger partial charge < -0.3 is 9.64 Å². The smallest absolute Gasteiger partial charge is 0.410 e. The number of hydrogen-bond acceptors (Lipinski definition) is 7. The molecule has 3 aliphatic rings. The van der Waals surface area contributed by atoms with Gasteiger partial charge in [0.2, 0.25) is 0 Å². The van der Waals surface area contributed by atoms with Gasteiger partial charge in [-0.2, -0.15) is 10.1 Å². The van der Waals surface area contributed by atoms with Crippen molar-refractivity contribution in [2.24, 2.45) is 0 Å². The third kappa shape index (κ3) is 5.31. The van der Waals surface area contributed by atoms with Crippen LogP contribution in [0.15, 0.2) is 30.3 Å². The number of amides is 5. The van der Waals surface area contributed by atoms with Gasteiger partial charge in [0.15, 0.2) is 0 Å². The fraction of sp³-hybridized carbons (Fsp3) is 0.600. The topological polar surface area (TPSA) is 109 Å². The molecule has 3 aliphatic heterocycles. The van der Waals surface area contributed by atoms with E-state index in [-0.39, 0.29) is 12.6 Å². The Morgan fingerprint density at radius 1 is 1.03 bits per heavy atom. The van der Waals surface area contributed by atoms with E-state index in [1.807, 2.05) is 30.3 Å². The number of likely N-dealkylation sites (tertiary alicyclic amines) is 1. The molecule has 0 aliphatic carbocycles. The van der Waals surface area contributed by atoms with Crippen molar-refractivity contribution >= 4 is 23.9 Å². The van der Waals surface area contributed by atoms with Crippen molar-refractivity contribution in [3.8, 4) is 0 Å². The van der Waals surface area contributed by atoms with Gasteiger partial charge in [-0.15, -0.1) is 0 Å². The zero-order valence-corrected chi connectivity index (χ0v) is 21.2. The molecule has 0 aromatic heterocycles. The highest BCUT2D eigenvalue weighted by Crippen LogP contribution is 2.32. The predicted octanol–water partition coefficient (Wildman–Crippen LogP) is 2.70. The lowest BCUT2D eigenvalue weighted by atomic mass is 10.00. The molecule has 0 spiro atoms. The fourth-order valence-electron chi connectivity index (χ4n) is 4.89. The number of ether oxygens (including phenoxy) is 1. The van der Waals surface area contributed by atoms with Gasteiger partial charge in [-0.05, 0) is 52.0 Å². The first-order chi connectivity index (χ1) is 17.1. The maximum atomic E-state index is 13.4. The summed E-state index contributed by atoms with van der Waals surface area (Å²) >= 11 is 0. The van der Waals surface area contributed by atoms with E-state index in [1.165, 1.54) is 22.0 Å². The second-order valence-electron chi connectivity index (χ2n) is 10.3. The van der Waals surface area contributed by atoms with Crippen LogP contribution in [0.3, 0.4) is 0 Å². The second-order valence-corrected chi connectivity index (χ2v) is 10.3. The Morgan fingerprint density at radius 2 is 1.72 bits per heavy atom. The lowest BCUT2D eigenvalue weighted by Gasteiger charge is -2.34. The SMILES string of the molecule is CON(C(=O)C1CC[C@@H]2CN1C(=O)N2OCc1ccccc1)C(=O)[C@@H]1CCCN1C(=O)OC(C)(C)C. The number of benzene rings is 1. The first kappa shape index (κ1) is 25.9. The van der Waals surface area contributed by atoms with Gasteiger partial charge in [-0.1, -0.05) is 30.3 Å². The van der Waals surface area contributed by atoms with Gasteiger partial charge in [0.05, 0.1) is 13.2 Å². The highest BCUT2D eigenvalue weighted by Gasteiger charge is 2.51. The van der Waals surface area contributed by atoms with E-state index < -0.39 is 41.6 Å². The summed E-state index contributed by atoms with van der Waals surface area (Å²) in [6.45, 7) is 6.15. The van der Waals surface area contributed by atoms with E-state index in [0.29, 0.717) is 43.8 Å². The molecule has 196 valence electrons. The molecule has 36 heavy (non-hydrogen) atoms. The summed E-state index contributed by atoms with van der Waals surface area (Å²) in [6, 6.07) is 7.19. The predicted molar refractivity (Wildman–Crippen MR) is 127 cm³/mol. The van der Waals surface area contributed by atoms with Crippen molar-refractivity contribution in [3.05, 3.63) is 35.9 Å². The van der Waals surface area contributed by atoms with Crippen molar-refractivity contribution in [1.82, 2.24) is 19.9 Å². The third-order valence-corrected chi connectivity index (χ3v) is 6.57. The van der Waals surface area contributed by atoms with Crippen LogP contribution in [0.25, 0.3) is 0 Å². The molecule has 11 heteroatoms. The quantitative estimate of drug-likeness (QED) is 0.435. The minimum absolute atomic E-state index is 0.172. The Bertz CT molecular complexity index is 996. The summed E-state index contributed by atoms with van der Waals surface area (Å²) < 4.78 is 5.43. The van der Waals surface area contributed by atoms with Gasteiger partial charge in [0, 0.05) is 13.1 Å².